The molecule has 6 nitrogen and oxygen atoms in total. The van der Waals surface area contributed by atoms with Gasteiger partial charge < -0.3 is 15.2 Å². The molecule has 1 aromatic carbocycles. The van der Waals surface area contributed by atoms with Crippen LogP contribution in [0, 0.1) is 11.3 Å². The van der Waals surface area contributed by atoms with Gasteiger partial charge >= 0.3 is 5.97 Å². The highest BCUT2D eigenvalue weighted by atomic mass is 35.5. The van der Waals surface area contributed by atoms with Crippen LogP contribution in [0.3, 0.4) is 0 Å². The molecule has 0 bridgehead atoms. The van der Waals surface area contributed by atoms with E-state index in [0.29, 0.717) is 15.5 Å². The van der Waals surface area contributed by atoms with E-state index in [1.807, 2.05) is 6.07 Å². The van der Waals surface area contributed by atoms with Crippen molar-refractivity contribution in [1.82, 2.24) is 0 Å². The highest BCUT2D eigenvalue weighted by molar-refractivity contribution is 7.12. The number of hydrogen-bond donors (Lipinski definition) is 1. The Kier molecular flexibility index (Phi) is 5.31. The second-order valence-electron chi connectivity index (χ2n) is 5.49. The summed E-state index contributed by atoms with van der Waals surface area (Å²) in [7, 11) is 1.16. The van der Waals surface area contributed by atoms with Crippen LogP contribution < -0.4 is 5.73 Å². The monoisotopic (exact) mass is 400 g/mol. The number of thiophene rings is 1. The summed E-state index contributed by atoms with van der Waals surface area (Å²) in [5.74, 6) is -2.91. The Morgan fingerprint density at radius 3 is 2.63 bits per heavy atom. The van der Waals surface area contributed by atoms with Gasteiger partial charge in [0.05, 0.1) is 23.5 Å². The minimum atomic E-state index is -0.957. The molecule has 27 heavy (non-hydrogen) atoms. The topological polar surface area (TPSA) is 102 Å². The zero-order valence-electron chi connectivity index (χ0n) is 14.1. The average molecular weight is 401 g/mol. The minimum absolute atomic E-state index is 0.00402. The first-order chi connectivity index (χ1) is 13.0. The number of nitrogens with two attached hydrogens (primary N) is 1. The molecular formula is C19H13ClN2O4S. The van der Waals surface area contributed by atoms with E-state index in [4.69, 9.17) is 26.8 Å². The summed E-state index contributed by atoms with van der Waals surface area (Å²) >= 11 is 7.53. The maximum atomic E-state index is 13.2. The Hall–Kier alpha value is -3.08. The van der Waals surface area contributed by atoms with Crippen molar-refractivity contribution in [3.05, 3.63) is 80.0 Å². The first-order valence-electron chi connectivity index (χ1n) is 7.72. The number of ether oxygens (including phenoxy) is 2. The molecule has 1 aromatic heterocycles. The van der Waals surface area contributed by atoms with Crippen LogP contribution >= 0.6 is 22.9 Å². The van der Waals surface area contributed by atoms with E-state index in [2.05, 4.69) is 0 Å². The fraction of sp³-hybridized carbons (Fsp3) is 0.105. The van der Waals surface area contributed by atoms with Crippen LogP contribution in [-0.4, -0.2) is 18.9 Å². The number of esters is 1. The van der Waals surface area contributed by atoms with Crippen molar-refractivity contribution in [1.29, 1.82) is 5.26 Å². The maximum Gasteiger partial charge on any atom is 0.374 e. The lowest BCUT2D eigenvalue weighted by molar-refractivity contribution is -0.139. The van der Waals surface area contributed by atoms with Crippen LogP contribution in [0.4, 0.5) is 0 Å². The molecule has 0 unspecified atom stereocenters. The van der Waals surface area contributed by atoms with Crippen molar-refractivity contribution < 1.29 is 19.1 Å². The van der Waals surface area contributed by atoms with E-state index in [9.17, 15) is 14.9 Å². The molecule has 136 valence electrons. The fourth-order valence-corrected chi connectivity index (χ4v) is 3.72. The number of ketones is 1. The summed E-state index contributed by atoms with van der Waals surface area (Å²) in [6, 6.07) is 12.0. The number of Topliss-reactive ketones (excluding diaryl/α,β-unsaturated/α-hetero) is 1. The number of methoxy groups -OCH3 is 1. The number of nitriles is 1. The number of hydrogen-bond acceptors (Lipinski definition) is 7. The van der Waals surface area contributed by atoms with E-state index in [0.717, 1.165) is 7.11 Å². The Balaban J connectivity index is 2.31. The Bertz CT molecular complexity index is 1020. The van der Waals surface area contributed by atoms with Gasteiger partial charge in [-0.05, 0) is 23.1 Å². The summed E-state index contributed by atoms with van der Waals surface area (Å²) < 4.78 is 10.1. The van der Waals surface area contributed by atoms with Crippen LogP contribution in [0.25, 0.3) is 0 Å². The third-order valence-corrected chi connectivity index (χ3v) is 5.21. The molecule has 0 amide bonds. The Morgan fingerprint density at radius 1 is 1.30 bits per heavy atom. The van der Waals surface area contributed by atoms with Gasteiger partial charge in [-0.25, -0.2) is 4.79 Å². The smallest absolute Gasteiger partial charge is 0.374 e. The standard InChI is InChI=1S/C19H13ClN2O4S/c1-25-19(24)17-15(16(23)13-7-4-8-27-13)14(11(9-21)18(22)26-17)10-5-2-3-6-12(10)20/h2-8,14H,22H2,1H3/t14-/m1/s1. The summed E-state index contributed by atoms with van der Waals surface area (Å²) in [6.45, 7) is 0. The van der Waals surface area contributed by atoms with Gasteiger partial charge in [-0.3, -0.25) is 4.79 Å². The van der Waals surface area contributed by atoms with Crippen molar-refractivity contribution in [2.75, 3.05) is 7.11 Å². The van der Waals surface area contributed by atoms with Gasteiger partial charge in [-0.15, -0.1) is 11.3 Å². The molecule has 3 rings (SSSR count). The highest BCUT2D eigenvalue weighted by Crippen LogP contribution is 2.43. The van der Waals surface area contributed by atoms with Crippen LogP contribution in [0.5, 0.6) is 0 Å². The predicted octanol–water partition coefficient (Wildman–Crippen LogP) is 3.52. The van der Waals surface area contributed by atoms with Gasteiger partial charge in [0.15, 0.2) is 0 Å². The van der Waals surface area contributed by atoms with Crippen molar-refractivity contribution in [2.45, 2.75) is 5.92 Å². The molecular weight excluding hydrogens is 388 g/mol. The lowest BCUT2D eigenvalue weighted by atomic mass is 9.80. The highest BCUT2D eigenvalue weighted by Gasteiger charge is 2.40. The molecule has 1 aliphatic rings. The first kappa shape index (κ1) is 18.7. The molecule has 0 saturated heterocycles. The molecule has 2 N–H and O–H groups in total. The van der Waals surface area contributed by atoms with Gasteiger partial charge in [0.2, 0.25) is 17.4 Å². The Labute approximate surface area is 164 Å². The zero-order valence-corrected chi connectivity index (χ0v) is 15.6. The second kappa shape index (κ2) is 7.66. The summed E-state index contributed by atoms with van der Waals surface area (Å²) in [6.07, 6.45) is 0. The van der Waals surface area contributed by atoms with Gasteiger partial charge in [-0.1, -0.05) is 35.9 Å². The molecule has 0 fully saturated rings. The van der Waals surface area contributed by atoms with Crippen LogP contribution in [0.15, 0.2) is 64.6 Å². The lowest BCUT2D eigenvalue weighted by Gasteiger charge is -2.27. The van der Waals surface area contributed by atoms with Crippen molar-refractivity contribution >= 4 is 34.7 Å². The first-order valence-corrected chi connectivity index (χ1v) is 8.98. The number of carbonyl (C=O) groups excluding carboxylic acids is 2. The minimum Gasteiger partial charge on any atom is -0.463 e. The Morgan fingerprint density at radius 2 is 2.04 bits per heavy atom. The van der Waals surface area contributed by atoms with Crippen LogP contribution in [-0.2, 0) is 14.3 Å². The molecule has 2 aromatic rings. The molecule has 0 spiro atoms. The van der Waals surface area contributed by atoms with E-state index in [1.165, 1.54) is 11.3 Å². The van der Waals surface area contributed by atoms with E-state index < -0.39 is 17.7 Å². The number of halogens is 1. The summed E-state index contributed by atoms with van der Waals surface area (Å²) in [4.78, 5) is 25.9. The molecule has 0 radical (unpaired) electrons. The van der Waals surface area contributed by atoms with Gasteiger partial charge in [0.25, 0.3) is 0 Å². The number of nitrogens with zero attached hydrogens (tertiary/aromatic N) is 1. The third-order valence-electron chi connectivity index (χ3n) is 4.00. The summed E-state index contributed by atoms with van der Waals surface area (Å²) in [5, 5.41) is 11.7. The average Bonchev–Trinajstić information content (AvgIpc) is 3.21. The second-order valence-corrected chi connectivity index (χ2v) is 6.84. The number of benzene rings is 1. The molecule has 1 atom stereocenters. The molecule has 2 heterocycles. The third kappa shape index (κ3) is 3.33. The van der Waals surface area contributed by atoms with Crippen molar-refractivity contribution in [2.24, 2.45) is 5.73 Å². The van der Waals surface area contributed by atoms with Crippen LogP contribution in [0.2, 0.25) is 5.02 Å². The molecule has 0 aliphatic carbocycles. The van der Waals surface area contributed by atoms with Gasteiger partial charge in [0.1, 0.15) is 11.6 Å². The fourth-order valence-electron chi connectivity index (χ4n) is 2.80. The normalized spacial score (nSPS) is 16.6. The maximum absolute atomic E-state index is 13.2. The largest absolute Gasteiger partial charge is 0.463 e. The quantitative estimate of drug-likeness (QED) is 0.622. The number of rotatable bonds is 4. The van der Waals surface area contributed by atoms with E-state index in [1.54, 1.807) is 41.8 Å². The molecule has 1 aliphatic heterocycles. The zero-order chi connectivity index (χ0) is 19.6. The van der Waals surface area contributed by atoms with Crippen molar-refractivity contribution in [3.8, 4) is 6.07 Å². The number of carbonyl (C=O) groups is 2. The van der Waals surface area contributed by atoms with Crippen LogP contribution in [0.1, 0.15) is 21.2 Å². The lowest BCUT2D eigenvalue weighted by Crippen LogP contribution is -2.28. The van der Waals surface area contributed by atoms with Gasteiger partial charge in [-0.2, -0.15) is 5.26 Å². The molecule has 8 heteroatoms. The number of allylic oxidation sites excluding steroid dienone is 2. The van der Waals surface area contributed by atoms with Gasteiger partial charge in [0, 0.05) is 5.02 Å². The molecule has 0 saturated carbocycles. The van der Waals surface area contributed by atoms with E-state index in [-0.39, 0.29) is 22.8 Å². The summed E-state index contributed by atoms with van der Waals surface area (Å²) in [5.41, 5.74) is 6.29. The SMILES string of the molecule is COC(=O)C1=C(C(=O)c2cccs2)[C@H](c2ccccc2Cl)C(C#N)=C(N)O1. The van der Waals surface area contributed by atoms with E-state index >= 15 is 0 Å². The predicted molar refractivity (Wildman–Crippen MR) is 99.8 cm³/mol. The van der Waals surface area contributed by atoms with Crippen molar-refractivity contribution in [3.63, 3.8) is 0 Å².